The summed E-state index contributed by atoms with van der Waals surface area (Å²) in [4.78, 5) is 12.0. The Morgan fingerprint density at radius 1 is 1.14 bits per heavy atom. The van der Waals surface area contributed by atoms with E-state index in [4.69, 9.17) is 4.74 Å². The third kappa shape index (κ3) is 4.56. The normalized spacial score (nSPS) is 11.7. The highest BCUT2D eigenvalue weighted by atomic mass is 19.1. The van der Waals surface area contributed by atoms with Crippen LogP contribution in [0.3, 0.4) is 0 Å². The van der Waals surface area contributed by atoms with Crippen molar-refractivity contribution in [3.8, 4) is 0 Å². The number of hydrogen-bond acceptors (Lipinski definition) is 2. The van der Waals surface area contributed by atoms with Gasteiger partial charge in [0.15, 0.2) is 0 Å². The Labute approximate surface area is 129 Å². The van der Waals surface area contributed by atoms with Crippen LogP contribution in [0.5, 0.6) is 0 Å². The monoisotopic (exact) mass is 302 g/mol. The minimum Gasteiger partial charge on any atom is -0.383 e. The molecule has 2 aromatic rings. The van der Waals surface area contributed by atoms with E-state index in [2.05, 4.69) is 10.6 Å². The molecule has 2 amide bonds. The van der Waals surface area contributed by atoms with Crippen LogP contribution in [0.15, 0.2) is 54.6 Å². The standard InChI is InChI=1S/C17H19FN2O2/c1-22-11-10-19-17(21)20-16(13-6-3-2-4-7-13)14-8-5-9-15(18)12-14/h2-9,12,16H,10-11H2,1H3,(H2,19,20,21)/t16-/m0/s1. The number of methoxy groups -OCH3 is 1. The second kappa shape index (κ2) is 8.14. The first-order valence-electron chi connectivity index (χ1n) is 7.04. The first-order chi connectivity index (χ1) is 10.7. The maximum Gasteiger partial charge on any atom is 0.315 e. The molecule has 0 aliphatic rings. The lowest BCUT2D eigenvalue weighted by Crippen LogP contribution is -2.39. The fourth-order valence-corrected chi connectivity index (χ4v) is 2.14. The molecule has 5 heteroatoms. The molecule has 0 bridgehead atoms. The Kier molecular flexibility index (Phi) is 5.91. The molecule has 0 aliphatic carbocycles. The van der Waals surface area contributed by atoms with Gasteiger partial charge in [0.1, 0.15) is 5.82 Å². The fourth-order valence-electron chi connectivity index (χ4n) is 2.14. The van der Waals surface area contributed by atoms with Crippen LogP contribution in [0.2, 0.25) is 0 Å². The van der Waals surface area contributed by atoms with Gasteiger partial charge in [0.05, 0.1) is 12.6 Å². The number of ether oxygens (including phenoxy) is 1. The highest BCUT2D eigenvalue weighted by molar-refractivity contribution is 5.75. The largest absolute Gasteiger partial charge is 0.383 e. The van der Waals surface area contributed by atoms with Crippen LogP contribution in [-0.2, 0) is 4.74 Å². The average molecular weight is 302 g/mol. The molecule has 22 heavy (non-hydrogen) atoms. The summed E-state index contributed by atoms with van der Waals surface area (Å²) in [6.45, 7) is 0.844. The molecule has 2 N–H and O–H groups in total. The van der Waals surface area contributed by atoms with Crippen LogP contribution in [0, 0.1) is 5.82 Å². The quantitative estimate of drug-likeness (QED) is 0.806. The number of benzene rings is 2. The molecule has 116 valence electrons. The molecule has 4 nitrogen and oxygen atoms in total. The molecule has 1 atom stereocenters. The van der Waals surface area contributed by atoms with Gasteiger partial charge in [0.25, 0.3) is 0 Å². The summed E-state index contributed by atoms with van der Waals surface area (Å²) in [7, 11) is 1.57. The van der Waals surface area contributed by atoms with Crippen LogP contribution in [-0.4, -0.2) is 26.3 Å². The smallest absolute Gasteiger partial charge is 0.315 e. The van der Waals surface area contributed by atoms with E-state index < -0.39 is 6.04 Å². The molecular formula is C17H19FN2O2. The minimum absolute atomic E-state index is 0.324. The van der Waals surface area contributed by atoms with Crippen LogP contribution in [0.1, 0.15) is 17.2 Å². The molecule has 0 aromatic heterocycles. The molecule has 0 heterocycles. The lowest BCUT2D eigenvalue weighted by Gasteiger charge is -2.20. The van der Waals surface area contributed by atoms with Gasteiger partial charge in [-0.2, -0.15) is 0 Å². The lowest BCUT2D eigenvalue weighted by molar-refractivity contribution is 0.195. The number of urea groups is 1. The fraction of sp³-hybridized carbons (Fsp3) is 0.235. The van der Waals surface area contributed by atoms with Crippen LogP contribution in [0.25, 0.3) is 0 Å². The Balaban J connectivity index is 2.17. The molecule has 2 aromatic carbocycles. The van der Waals surface area contributed by atoms with Gasteiger partial charge in [-0.3, -0.25) is 0 Å². The highest BCUT2D eigenvalue weighted by Crippen LogP contribution is 2.22. The van der Waals surface area contributed by atoms with Crippen molar-refractivity contribution in [1.82, 2.24) is 10.6 Å². The third-order valence-corrected chi connectivity index (χ3v) is 3.18. The Morgan fingerprint density at radius 3 is 2.55 bits per heavy atom. The summed E-state index contributed by atoms with van der Waals surface area (Å²) in [6.07, 6.45) is 0. The predicted octanol–water partition coefficient (Wildman–Crippen LogP) is 2.86. The maximum absolute atomic E-state index is 13.5. The zero-order chi connectivity index (χ0) is 15.8. The topological polar surface area (TPSA) is 50.4 Å². The van der Waals surface area contributed by atoms with Crippen LogP contribution < -0.4 is 10.6 Å². The minimum atomic E-state index is -0.417. The first-order valence-corrected chi connectivity index (χ1v) is 7.04. The van der Waals surface area contributed by atoms with Crippen molar-refractivity contribution in [2.75, 3.05) is 20.3 Å². The number of amides is 2. The van der Waals surface area contributed by atoms with E-state index in [1.54, 1.807) is 19.2 Å². The average Bonchev–Trinajstić information content (AvgIpc) is 2.54. The van der Waals surface area contributed by atoms with E-state index in [9.17, 15) is 9.18 Å². The highest BCUT2D eigenvalue weighted by Gasteiger charge is 2.16. The van der Waals surface area contributed by atoms with Crippen molar-refractivity contribution >= 4 is 6.03 Å². The van der Waals surface area contributed by atoms with Crippen molar-refractivity contribution < 1.29 is 13.9 Å². The number of carbonyl (C=O) groups is 1. The summed E-state index contributed by atoms with van der Waals surface area (Å²) >= 11 is 0. The molecule has 0 unspecified atom stereocenters. The molecule has 0 fully saturated rings. The van der Waals surface area contributed by atoms with E-state index in [-0.39, 0.29) is 11.8 Å². The van der Waals surface area contributed by atoms with Crippen molar-refractivity contribution in [1.29, 1.82) is 0 Å². The van der Waals surface area contributed by atoms with Crippen LogP contribution >= 0.6 is 0 Å². The van der Waals surface area contributed by atoms with Crippen LogP contribution in [0.4, 0.5) is 9.18 Å². The van der Waals surface area contributed by atoms with Crippen molar-refractivity contribution in [2.45, 2.75) is 6.04 Å². The summed E-state index contributed by atoms with van der Waals surface area (Å²) in [6, 6.07) is 14.9. The van der Waals surface area contributed by atoms with E-state index in [1.165, 1.54) is 12.1 Å². The summed E-state index contributed by atoms with van der Waals surface area (Å²) in [5, 5.41) is 5.56. The van der Waals surface area contributed by atoms with Gasteiger partial charge in [0, 0.05) is 13.7 Å². The first kappa shape index (κ1) is 16.0. The number of hydrogen-bond donors (Lipinski definition) is 2. The number of nitrogens with one attached hydrogen (secondary N) is 2. The van der Waals surface area contributed by atoms with Gasteiger partial charge in [-0.1, -0.05) is 42.5 Å². The van der Waals surface area contributed by atoms with E-state index in [0.717, 1.165) is 5.56 Å². The number of rotatable bonds is 6. The van der Waals surface area contributed by atoms with Crippen molar-refractivity contribution in [3.63, 3.8) is 0 Å². The van der Waals surface area contributed by atoms with Gasteiger partial charge < -0.3 is 15.4 Å². The van der Waals surface area contributed by atoms with E-state index in [1.807, 2.05) is 30.3 Å². The summed E-state index contributed by atoms with van der Waals surface area (Å²) in [5.74, 6) is -0.333. The molecule has 0 saturated heterocycles. The second-order valence-corrected chi connectivity index (χ2v) is 4.79. The third-order valence-electron chi connectivity index (χ3n) is 3.18. The van der Waals surface area contributed by atoms with Gasteiger partial charge in [-0.05, 0) is 23.3 Å². The molecular weight excluding hydrogens is 283 g/mol. The van der Waals surface area contributed by atoms with Gasteiger partial charge in [-0.15, -0.1) is 0 Å². The molecule has 0 spiro atoms. The molecule has 0 saturated carbocycles. The van der Waals surface area contributed by atoms with E-state index >= 15 is 0 Å². The zero-order valence-electron chi connectivity index (χ0n) is 12.4. The Morgan fingerprint density at radius 2 is 1.86 bits per heavy atom. The van der Waals surface area contributed by atoms with Crippen molar-refractivity contribution in [2.24, 2.45) is 0 Å². The molecule has 0 radical (unpaired) electrons. The maximum atomic E-state index is 13.5. The summed E-state index contributed by atoms with van der Waals surface area (Å²) in [5.41, 5.74) is 1.57. The van der Waals surface area contributed by atoms with Gasteiger partial charge in [0.2, 0.25) is 0 Å². The Bertz CT molecular complexity index is 605. The second-order valence-electron chi connectivity index (χ2n) is 4.79. The van der Waals surface area contributed by atoms with Gasteiger partial charge in [-0.25, -0.2) is 9.18 Å². The predicted molar refractivity (Wildman–Crippen MR) is 83.1 cm³/mol. The molecule has 0 aliphatic heterocycles. The van der Waals surface area contributed by atoms with Gasteiger partial charge >= 0.3 is 6.03 Å². The zero-order valence-corrected chi connectivity index (χ0v) is 12.4. The Hall–Kier alpha value is -2.40. The van der Waals surface area contributed by atoms with E-state index in [0.29, 0.717) is 18.7 Å². The molecule has 2 rings (SSSR count). The van der Waals surface area contributed by atoms with Crippen molar-refractivity contribution in [3.05, 3.63) is 71.5 Å². The number of halogens is 1. The SMILES string of the molecule is COCCNC(=O)N[C@@H](c1ccccc1)c1cccc(F)c1. The summed E-state index contributed by atoms with van der Waals surface area (Å²) < 4.78 is 18.4. The lowest BCUT2D eigenvalue weighted by atomic mass is 9.99. The number of carbonyl (C=O) groups excluding carboxylic acids is 1.